The molecule has 0 spiro atoms. The number of nitrogens with one attached hydrogen (secondary N) is 1. The fraction of sp³-hybridized carbons (Fsp3) is 0.480. The maximum atomic E-state index is 13.3. The Bertz CT molecular complexity index is 947. The van der Waals surface area contributed by atoms with Crippen molar-refractivity contribution < 1.29 is 18.0 Å². The van der Waals surface area contributed by atoms with Crippen LogP contribution in [0.5, 0.6) is 0 Å². The highest BCUT2D eigenvalue weighted by Gasteiger charge is 2.42. The van der Waals surface area contributed by atoms with Gasteiger partial charge in [-0.25, -0.2) is 0 Å². The van der Waals surface area contributed by atoms with Gasteiger partial charge in [0.15, 0.2) is 0 Å². The van der Waals surface area contributed by atoms with Crippen molar-refractivity contribution in [2.75, 3.05) is 24.5 Å². The third kappa shape index (κ3) is 4.77. The Kier molecular flexibility index (Phi) is 6.47. The van der Waals surface area contributed by atoms with Gasteiger partial charge in [0.1, 0.15) is 0 Å². The van der Waals surface area contributed by atoms with E-state index in [9.17, 15) is 18.0 Å². The molecule has 4 nitrogen and oxygen atoms in total. The summed E-state index contributed by atoms with van der Waals surface area (Å²) in [6, 6.07) is 14.1. The molecule has 1 amide bonds. The average Bonchev–Trinajstić information content (AvgIpc) is 2.78. The summed E-state index contributed by atoms with van der Waals surface area (Å²) in [5, 5.41) is 3.07. The van der Waals surface area contributed by atoms with Gasteiger partial charge in [0.2, 0.25) is 5.91 Å². The number of carbonyl (C=O) groups is 1. The lowest BCUT2D eigenvalue weighted by Gasteiger charge is -2.49. The topological polar surface area (TPSA) is 35.6 Å². The van der Waals surface area contributed by atoms with Crippen molar-refractivity contribution in [2.45, 2.75) is 51.5 Å². The smallest absolute Gasteiger partial charge is 0.365 e. The van der Waals surface area contributed by atoms with Gasteiger partial charge < -0.3 is 10.2 Å². The Labute approximate surface area is 187 Å². The first kappa shape index (κ1) is 22.6. The first-order valence-electron chi connectivity index (χ1n) is 11.3. The summed E-state index contributed by atoms with van der Waals surface area (Å²) in [6.07, 6.45) is -3.27. The highest BCUT2D eigenvalue weighted by molar-refractivity contribution is 5.82. The third-order valence-electron chi connectivity index (χ3n) is 6.71. The van der Waals surface area contributed by atoms with E-state index < -0.39 is 17.7 Å². The maximum Gasteiger partial charge on any atom is 0.416 e. The zero-order chi connectivity index (χ0) is 22.9. The van der Waals surface area contributed by atoms with Crippen molar-refractivity contribution in [1.82, 2.24) is 10.2 Å². The standard InChI is InChI=1S/C25H30F3N3O/c1-3-17(2)29-24(32)21-14-19-13-20(25(26,27)28)9-10-22(19)31-12-11-30(16-23(21)31)15-18-7-5-4-6-8-18/h4-10,13,17,21,23H,3,11-12,14-16H2,1-2H3,(H,29,32). The van der Waals surface area contributed by atoms with Crippen LogP contribution in [0.3, 0.4) is 0 Å². The molecule has 7 heteroatoms. The summed E-state index contributed by atoms with van der Waals surface area (Å²) in [5.41, 5.74) is 2.00. The van der Waals surface area contributed by atoms with Gasteiger partial charge in [-0.05, 0) is 49.1 Å². The lowest BCUT2D eigenvalue weighted by Crippen LogP contribution is -2.61. The second-order valence-corrected chi connectivity index (χ2v) is 8.95. The number of carbonyl (C=O) groups excluding carboxylic acids is 1. The van der Waals surface area contributed by atoms with Crippen LogP contribution < -0.4 is 10.2 Å². The Morgan fingerprint density at radius 1 is 1.16 bits per heavy atom. The lowest BCUT2D eigenvalue weighted by atomic mass is 9.82. The number of rotatable bonds is 5. The second-order valence-electron chi connectivity index (χ2n) is 8.95. The number of piperazine rings is 1. The molecule has 0 radical (unpaired) electrons. The van der Waals surface area contributed by atoms with Gasteiger partial charge in [0.05, 0.1) is 17.5 Å². The molecule has 0 aromatic heterocycles. The quantitative estimate of drug-likeness (QED) is 0.737. The minimum atomic E-state index is -4.39. The summed E-state index contributed by atoms with van der Waals surface area (Å²) in [6.45, 7) is 6.94. The van der Waals surface area contributed by atoms with Crippen molar-refractivity contribution in [1.29, 1.82) is 0 Å². The molecule has 2 aromatic carbocycles. The van der Waals surface area contributed by atoms with E-state index in [-0.39, 0.29) is 18.0 Å². The fourth-order valence-electron chi connectivity index (χ4n) is 4.80. The van der Waals surface area contributed by atoms with Crippen LogP contribution in [-0.4, -0.2) is 42.5 Å². The Morgan fingerprint density at radius 2 is 1.91 bits per heavy atom. The summed E-state index contributed by atoms with van der Waals surface area (Å²) >= 11 is 0. The largest absolute Gasteiger partial charge is 0.416 e. The zero-order valence-corrected chi connectivity index (χ0v) is 18.5. The van der Waals surface area contributed by atoms with Crippen LogP contribution >= 0.6 is 0 Å². The molecule has 2 heterocycles. The number of halogens is 3. The molecule has 1 saturated heterocycles. The normalized spacial score (nSPS) is 22.1. The minimum Gasteiger partial charge on any atom is -0.365 e. The lowest BCUT2D eigenvalue weighted by molar-refractivity contribution is -0.137. The van der Waals surface area contributed by atoms with Crippen LogP contribution in [0, 0.1) is 5.92 Å². The number of anilines is 1. The molecule has 4 rings (SSSR count). The molecular formula is C25H30F3N3O. The highest BCUT2D eigenvalue weighted by atomic mass is 19.4. The van der Waals surface area contributed by atoms with E-state index in [0.29, 0.717) is 25.1 Å². The second kappa shape index (κ2) is 9.14. The van der Waals surface area contributed by atoms with Gasteiger partial charge in [0.25, 0.3) is 0 Å². The van der Waals surface area contributed by atoms with Crippen LogP contribution in [0.15, 0.2) is 48.5 Å². The molecule has 2 aromatic rings. The maximum absolute atomic E-state index is 13.3. The van der Waals surface area contributed by atoms with E-state index in [4.69, 9.17) is 0 Å². The van der Waals surface area contributed by atoms with Crippen molar-refractivity contribution >= 4 is 11.6 Å². The van der Waals surface area contributed by atoms with E-state index in [2.05, 4.69) is 27.2 Å². The van der Waals surface area contributed by atoms with E-state index in [1.807, 2.05) is 32.0 Å². The van der Waals surface area contributed by atoms with Crippen molar-refractivity contribution in [3.63, 3.8) is 0 Å². The van der Waals surface area contributed by atoms with Crippen molar-refractivity contribution in [3.8, 4) is 0 Å². The number of benzene rings is 2. The van der Waals surface area contributed by atoms with E-state index >= 15 is 0 Å². The summed E-state index contributed by atoms with van der Waals surface area (Å²) in [7, 11) is 0. The highest BCUT2D eigenvalue weighted by Crippen LogP contribution is 2.40. The number of amides is 1. The zero-order valence-electron chi connectivity index (χ0n) is 18.5. The SMILES string of the molecule is CCC(C)NC(=O)C1Cc2cc(C(F)(F)F)ccc2N2CCN(Cc3ccccc3)CC12. The predicted octanol–water partition coefficient (Wildman–Crippen LogP) is 4.48. The summed E-state index contributed by atoms with van der Waals surface area (Å²) in [4.78, 5) is 17.7. The number of hydrogen-bond donors (Lipinski definition) is 1. The molecule has 3 unspecified atom stereocenters. The average molecular weight is 446 g/mol. The molecule has 1 fully saturated rings. The first-order chi connectivity index (χ1) is 15.3. The Balaban J connectivity index is 1.62. The molecule has 1 N–H and O–H groups in total. The van der Waals surface area contributed by atoms with Crippen LogP contribution in [0.4, 0.5) is 18.9 Å². The molecule has 32 heavy (non-hydrogen) atoms. The first-order valence-corrected chi connectivity index (χ1v) is 11.3. The van der Waals surface area contributed by atoms with Gasteiger partial charge in [-0.2, -0.15) is 13.2 Å². The van der Waals surface area contributed by atoms with Crippen LogP contribution in [0.2, 0.25) is 0 Å². The van der Waals surface area contributed by atoms with E-state index in [0.717, 1.165) is 31.3 Å². The van der Waals surface area contributed by atoms with Gasteiger partial charge in [0, 0.05) is 37.9 Å². The third-order valence-corrected chi connectivity index (χ3v) is 6.71. The predicted molar refractivity (Wildman–Crippen MR) is 119 cm³/mol. The number of fused-ring (bicyclic) bond motifs is 3. The number of hydrogen-bond acceptors (Lipinski definition) is 3. The van der Waals surface area contributed by atoms with Crippen molar-refractivity contribution in [2.24, 2.45) is 5.92 Å². The molecule has 0 saturated carbocycles. The minimum absolute atomic E-state index is 0.0304. The molecule has 172 valence electrons. The summed E-state index contributed by atoms with van der Waals surface area (Å²) < 4.78 is 40.0. The van der Waals surface area contributed by atoms with Crippen molar-refractivity contribution in [3.05, 3.63) is 65.2 Å². The van der Waals surface area contributed by atoms with Gasteiger partial charge >= 0.3 is 6.18 Å². The molecule has 2 aliphatic heterocycles. The molecular weight excluding hydrogens is 415 g/mol. The fourth-order valence-corrected chi connectivity index (χ4v) is 4.80. The monoisotopic (exact) mass is 445 g/mol. The number of alkyl halides is 3. The molecule has 3 atom stereocenters. The van der Waals surface area contributed by atoms with Gasteiger partial charge in [-0.1, -0.05) is 37.3 Å². The Morgan fingerprint density at radius 3 is 2.59 bits per heavy atom. The van der Waals surface area contributed by atoms with Gasteiger partial charge in [-0.3, -0.25) is 9.69 Å². The van der Waals surface area contributed by atoms with Crippen LogP contribution in [-0.2, 0) is 23.9 Å². The van der Waals surface area contributed by atoms with Crippen LogP contribution in [0.1, 0.15) is 37.0 Å². The molecule has 0 aliphatic carbocycles. The van der Waals surface area contributed by atoms with E-state index in [1.54, 1.807) is 6.07 Å². The van der Waals surface area contributed by atoms with E-state index in [1.165, 1.54) is 11.6 Å². The Hall–Kier alpha value is -2.54. The number of nitrogens with zero attached hydrogens (tertiary/aromatic N) is 2. The van der Waals surface area contributed by atoms with Crippen LogP contribution in [0.25, 0.3) is 0 Å². The molecule has 0 bridgehead atoms. The summed E-state index contributed by atoms with van der Waals surface area (Å²) in [5.74, 6) is -0.461. The molecule has 2 aliphatic rings. The van der Waals surface area contributed by atoms with Gasteiger partial charge in [-0.15, -0.1) is 0 Å².